The van der Waals surface area contributed by atoms with Crippen molar-refractivity contribution in [3.8, 4) is 0 Å². The average Bonchev–Trinajstić information content (AvgIpc) is 3.60. The minimum absolute atomic E-state index is 0.0404. The molecule has 1 aromatic carbocycles. The van der Waals surface area contributed by atoms with E-state index in [1.165, 1.54) is 37.3 Å². The minimum Gasteiger partial charge on any atom is -0.456 e. The molecular formula is C37H43NO12S. The maximum absolute atomic E-state index is 14.4. The Hall–Kier alpha value is -3.95. The number of carbonyl (C=O) groups excluding carboxylic acids is 5. The van der Waals surface area contributed by atoms with Crippen LogP contribution < -0.4 is 5.32 Å². The van der Waals surface area contributed by atoms with Gasteiger partial charge in [-0.25, -0.2) is 9.59 Å². The fourth-order valence-corrected chi connectivity index (χ4v) is 9.53. The normalized spacial score (nSPS) is 33.5. The summed E-state index contributed by atoms with van der Waals surface area (Å²) in [6, 6.07) is 10.3. The van der Waals surface area contributed by atoms with Gasteiger partial charge in [-0.05, 0) is 36.1 Å². The summed E-state index contributed by atoms with van der Waals surface area (Å²) in [5.74, 6) is -5.58. The van der Waals surface area contributed by atoms with Crippen molar-refractivity contribution in [2.24, 2.45) is 17.3 Å². The van der Waals surface area contributed by atoms with E-state index in [0.717, 1.165) is 0 Å². The Morgan fingerprint density at radius 2 is 1.76 bits per heavy atom. The van der Waals surface area contributed by atoms with E-state index in [9.17, 15) is 39.3 Å². The number of Topliss-reactive ketones (excluding diaryl/α,β-unsaturated/α-hetero) is 1. The Labute approximate surface area is 298 Å². The number of ketones is 1. The monoisotopic (exact) mass is 725 g/mol. The topological polar surface area (TPSA) is 195 Å². The van der Waals surface area contributed by atoms with Crippen LogP contribution in [0.4, 0.5) is 0 Å². The number of ether oxygens (including phenoxy) is 4. The highest BCUT2D eigenvalue weighted by Crippen LogP contribution is 2.60. The lowest BCUT2D eigenvalue weighted by Crippen LogP contribution is -2.77. The van der Waals surface area contributed by atoms with Gasteiger partial charge in [-0.15, -0.1) is 11.3 Å². The number of hydrogen-bond acceptors (Lipinski definition) is 13. The first-order chi connectivity index (χ1) is 24.0. The summed E-state index contributed by atoms with van der Waals surface area (Å²) < 4.78 is 24.0. The lowest BCUT2D eigenvalue weighted by atomic mass is 9.49. The maximum Gasteiger partial charge on any atom is 0.338 e. The van der Waals surface area contributed by atoms with Gasteiger partial charge in [-0.1, -0.05) is 38.1 Å². The Balaban J connectivity index is 1.47. The molecule has 4 aliphatic rings. The standard InChI is InChI=1S/C37H43NO12S/c1-18-25(48-34(45)31(43)30(38-19(2)39)26-12-9-13-51-26)16-37(46)32(49-33(44)21-10-7-6-8-11-21)29-22(14-24(42)28(18)35(37,4)5)23(41)15-27-36(29,17-47-27)50-20(3)40/h6-13,22-23,25,27,29-32,41,43,46H,14-17H2,1-5H3,(H,38,39)/t22?,23?,25?,27?,29?,30?,31?,32?,36-,37?/m0/s1. The SMILES string of the molecule is CC(=O)NC(c1cccs1)C(O)C(=O)OC1CC2(O)C(OC(=O)c3ccccc3)C3C(CC(=O)C(=C1C)C2(C)C)C(O)CC1OC[C@]13OC(C)=O. The van der Waals surface area contributed by atoms with Gasteiger partial charge in [-0.3, -0.25) is 14.4 Å². The van der Waals surface area contributed by atoms with Crippen molar-refractivity contribution in [3.05, 3.63) is 69.4 Å². The van der Waals surface area contributed by atoms with Crippen molar-refractivity contribution in [1.29, 1.82) is 0 Å². The predicted octanol–water partition coefficient (Wildman–Crippen LogP) is 2.57. The summed E-state index contributed by atoms with van der Waals surface area (Å²) in [6.45, 7) is 7.21. The average molecular weight is 726 g/mol. The van der Waals surface area contributed by atoms with Gasteiger partial charge < -0.3 is 39.6 Å². The van der Waals surface area contributed by atoms with E-state index in [0.29, 0.717) is 10.5 Å². The van der Waals surface area contributed by atoms with E-state index in [4.69, 9.17) is 18.9 Å². The molecule has 4 N–H and O–H groups in total. The number of hydrogen-bond donors (Lipinski definition) is 4. The molecule has 51 heavy (non-hydrogen) atoms. The third kappa shape index (κ3) is 6.20. The number of esters is 3. The fraction of sp³-hybridized carbons (Fsp3) is 0.541. The summed E-state index contributed by atoms with van der Waals surface area (Å²) >= 11 is 1.22. The van der Waals surface area contributed by atoms with Crippen molar-refractivity contribution in [2.75, 3.05) is 6.61 Å². The van der Waals surface area contributed by atoms with Crippen molar-refractivity contribution in [3.63, 3.8) is 0 Å². The fourth-order valence-electron chi connectivity index (χ4n) is 8.73. The molecule has 10 atom stereocenters. The first kappa shape index (κ1) is 36.8. The van der Waals surface area contributed by atoms with Gasteiger partial charge in [0, 0.05) is 60.8 Å². The molecule has 0 spiro atoms. The molecule has 2 heterocycles. The molecular weight excluding hydrogens is 682 g/mol. The Kier molecular flexibility index (Phi) is 9.78. The molecule has 6 rings (SSSR count). The quantitative estimate of drug-likeness (QED) is 0.230. The number of rotatable bonds is 8. The van der Waals surface area contributed by atoms with E-state index in [2.05, 4.69) is 5.32 Å². The van der Waals surface area contributed by atoms with Gasteiger partial charge in [0.2, 0.25) is 5.91 Å². The lowest BCUT2D eigenvalue weighted by molar-refractivity contribution is -0.334. The molecule has 1 aliphatic heterocycles. The second-order valence-electron chi connectivity index (χ2n) is 14.5. The van der Waals surface area contributed by atoms with Gasteiger partial charge in [0.05, 0.1) is 18.3 Å². The van der Waals surface area contributed by atoms with Gasteiger partial charge in [0.1, 0.15) is 30.0 Å². The molecule has 0 radical (unpaired) electrons. The molecule has 3 fully saturated rings. The van der Waals surface area contributed by atoms with Crippen molar-refractivity contribution < 1.29 is 58.2 Å². The van der Waals surface area contributed by atoms with Crippen LogP contribution in [-0.2, 0) is 38.1 Å². The summed E-state index contributed by atoms with van der Waals surface area (Å²) in [4.78, 5) is 67.2. The van der Waals surface area contributed by atoms with Crippen molar-refractivity contribution in [2.45, 2.75) is 102 Å². The first-order valence-corrected chi connectivity index (χ1v) is 17.8. The van der Waals surface area contributed by atoms with E-state index in [1.807, 2.05) is 0 Å². The second-order valence-corrected chi connectivity index (χ2v) is 15.5. The van der Waals surface area contributed by atoms with Crippen LogP contribution in [0.15, 0.2) is 59.0 Å². The molecule has 2 bridgehead atoms. The van der Waals surface area contributed by atoms with Gasteiger partial charge in [0.25, 0.3) is 0 Å². The minimum atomic E-state index is -2.18. The highest BCUT2D eigenvalue weighted by atomic mass is 32.1. The number of benzene rings is 1. The summed E-state index contributed by atoms with van der Waals surface area (Å²) in [6.07, 6.45) is -7.29. The van der Waals surface area contributed by atoms with Crippen LogP contribution in [-0.4, -0.2) is 93.2 Å². The number of amides is 1. The smallest absolute Gasteiger partial charge is 0.338 e. The van der Waals surface area contributed by atoms with E-state index >= 15 is 0 Å². The third-order valence-electron chi connectivity index (χ3n) is 11.2. The molecule has 13 nitrogen and oxygen atoms in total. The van der Waals surface area contributed by atoms with E-state index in [-0.39, 0.29) is 30.6 Å². The van der Waals surface area contributed by atoms with Crippen LogP contribution in [0.25, 0.3) is 0 Å². The van der Waals surface area contributed by atoms with Gasteiger partial charge >= 0.3 is 17.9 Å². The van der Waals surface area contributed by atoms with Crippen LogP contribution in [0.1, 0.15) is 75.2 Å². The number of nitrogens with one attached hydrogen (secondary N) is 1. The zero-order valence-electron chi connectivity index (χ0n) is 29.0. The number of aliphatic hydroxyl groups excluding tert-OH is 2. The van der Waals surface area contributed by atoms with Crippen molar-refractivity contribution in [1.82, 2.24) is 5.32 Å². The Bertz CT molecular complexity index is 1740. The van der Waals surface area contributed by atoms with E-state index < -0.39 is 101 Å². The highest BCUT2D eigenvalue weighted by molar-refractivity contribution is 7.10. The molecule has 3 aliphatic carbocycles. The van der Waals surface area contributed by atoms with Gasteiger partial charge in [0.15, 0.2) is 17.5 Å². The van der Waals surface area contributed by atoms with Crippen molar-refractivity contribution >= 4 is 40.9 Å². The lowest BCUT2D eigenvalue weighted by Gasteiger charge is -2.64. The first-order valence-electron chi connectivity index (χ1n) is 16.9. The molecule has 1 aromatic heterocycles. The van der Waals surface area contributed by atoms with Crippen LogP contribution in [0, 0.1) is 17.3 Å². The third-order valence-corrected chi connectivity index (χ3v) is 12.2. The molecule has 9 unspecified atom stereocenters. The largest absolute Gasteiger partial charge is 0.456 e. The van der Waals surface area contributed by atoms with Crippen LogP contribution >= 0.6 is 11.3 Å². The highest BCUT2D eigenvalue weighted by Gasteiger charge is 2.73. The summed E-state index contributed by atoms with van der Waals surface area (Å²) in [5, 5.41) is 40.2. The number of thiophene rings is 1. The van der Waals surface area contributed by atoms with E-state index in [1.54, 1.807) is 56.5 Å². The zero-order valence-corrected chi connectivity index (χ0v) is 29.8. The Morgan fingerprint density at radius 3 is 2.35 bits per heavy atom. The number of carbonyl (C=O) groups is 5. The summed E-state index contributed by atoms with van der Waals surface area (Å²) in [5.41, 5.74) is -4.49. The molecule has 14 heteroatoms. The number of fused-ring (bicyclic) bond motifs is 5. The number of aliphatic hydroxyl groups is 3. The van der Waals surface area contributed by atoms with Crippen LogP contribution in [0.2, 0.25) is 0 Å². The predicted molar refractivity (Wildman–Crippen MR) is 180 cm³/mol. The summed E-state index contributed by atoms with van der Waals surface area (Å²) in [7, 11) is 0. The second kappa shape index (κ2) is 13.6. The zero-order chi connectivity index (χ0) is 37.0. The molecule has 1 saturated heterocycles. The van der Waals surface area contributed by atoms with Gasteiger partial charge in [-0.2, -0.15) is 0 Å². The maximum atomic E-state index is 14.4. The molecule has 1 amide bonds. The Morgan fingerprint density at radius 1 is 1.06 bits per heavy atom. The molecule has 2 saturated carbocycles. The molecule has 2 aromatic rings. The van der Waals surface area contributed by atoms with Crippen LogP contribution in [0.3, 0.4) is 0 Å². The molecule has 274 valence electrons. The van der Waals surface area contributed by atoms with Crippen LogP contribution in [0.5, 0.6) is 0 Å².